The zero-order valence-electron chi connectivity index (χ0n) is 12.9. The van der Waals surface area contributed by atoms with Crippen molar-refractivity contribution in [1.29, 1.82) is 0 Å². The molecule has 0 saturated carbocycles. The number of amides is 2. The second kappa shape index (κ2) is 6.87. The van der Waals surface area contributed by atoms with Gasteiger partial charge in [0.25, 0.3) is 0 Å². The summed E-state index contributed by atoms with van der Waals surface area (Å²) in [6.07, 6.45) is 0. The molecule has 1 aliphatic heterocycles. The highest BCUT2D eigenvalue weighted by molar-refractivity contribution is 6.04. The molecule has 120 valence electrons. The first kappa shape index (κ1) is 16.4. The number of carbonyl (C=O) groups excluding carboxylic acids is 2. The third kappa shape index (κ3) is 3.62. The summed E-state index contributed by atoms with van der Waals surface area (Å²) >= 11 is 0. The van der Waals surface area contributed by atoms with Crippen LogP contribution in [0.4, 0.5) is 4.39 Å². The molecule has 1 aliphatic rings. The van der Waals surface area contributed by atoms with Crippen molar-refractivity contribution in [2.24, 2.45) is 5.41 Å². The van der Waals surface area contributed by atoms with Crippen LogP contribution in [0.5, 0.6) is 0 Å². The van der Waals surface area contributed by atoms with E-state index in [1.165, 1.54) is 6.07 Å². The molecular weight excluding hydrogens is 287 g/mol. The summed E-state index contributed by atoms with van der Waals surface area (Å²) in [5, 5.41) is 2.64. The summed E-state index contributed by atoms with van der Waals surface area (Å²) < 4.78 is 18.8. The van der Waals surface area contributed by atoms with Crippen molar-refractivity contribution in [3.05, 3.63) is 35.6 Å². The number of benzene rings is 1. The molecule has 0 aliphatic carbocycles. The van der Waals surface area contributed by atoms with Crippen LogP contribution in [0.3, 0.4) is 0 Å². The lowest BCUT2D eigenvalue weighted by Crippen LogP contribution is -2.52. The first-order valence-corrected chi connectivity index (χ1v) is 7.32. The van der Waals surface area contributed by atoms with E-state index in [4.69, 9.17) is 4.74 Å². The van der Waals surface area contributed by atoms with Crippen molar-refractivity contribution in [3.8, 4) is 0 Å². The van der Waals surface area contributed by atoms with E-state index in [0.717, 1.165) is 0 Å². The lowest BCUT2D eigenvalue weighted by Gasteiger charge is -2.33. The Balaban J connectivity index is 1.97. The molecule has 6 heteroatoms. The Morgan fingerprint density at radius 2 is 1.91 bits per heavy atom. The van der Waals surface area contributed by atoms with Crippen molar-refractivity contribution >= 4 is 11.8 Å². The molecule has 0 radical (unpaired) electrons. The van der Waals surface area contributed by atoms with Gasteiger partial charge in [-0.15, -0.1) is 0 Å². The molecule has 2 rings (SSSR count). The van der Waals surface area contributed by atoms with Gasteiger partial charge in [-0.2, -0.15) is 0 Å². The normalized spacial score (nSPS) is 15.5. The molecule has 1 aromatic rings. The van der Waals surface area contributed by atoms with Crippen molar-refractivity contribution in [1.82, 2.24) is 10.2 Å². The van der Waals surface area contributed by atoms with Crippen LogP contribution in [0.1, 0.15) is 19.4 Å². The quantitative estimate of drug-likeness (QED) is 0.854. The highest BCUT2D eigenvalue weighted by Gasteiger charge is 2.39. The summed E-state index contributed by atoms with van der Waals surface area (Å²) in [6.45, 7) is 5.18. The lowest BCUT2D eigenvalue weighted by molar-refractivity contribution is -0.151. The summed E-state index contributed by atoms with van der Waals surface area (Å²) in [4.78, 5) is 26.4. The molecule has 0 spiro atoms. The Morgan fingerprint density at radius 3 is 2.55 bits per heavy atom. The minimum Gasteiger partial charge on any atom is -0.378 e. The smallest absolute Gasteiger partial charge is 0.237 e. The van der Waals surface area contributed by atoms with E-state index in [1.807, 2.05) is 0 Å². The molecular formula is C16H21FN2O3. The average Bonchev–Trinajstić information content (AvgIpc) is 2.53. The molecule has 0 atom stereocenters. The largest absolute Gasteiger partial charge is 0.378 e. The maximum atomic E-state index is 13.5. The minimum absolute atomic E-state index is 0.0608. The highest BCUT2D eigenvalue weighted by Crippen LogP contribution is 2.20. The molecule has 1 fully saturated rings. The minimum atomic E-state index is -1.19. The summed E-state index contributed by atoms with van der Waals surface area (Å²) in [7, 11) is 0. The number of halogens is 1. The molecule has 5 nitrogen and oxygen atoms in total. The molecule has 1 saturated heterocycles. The first-order valence-electron chi connectivity index (χ1n) is 7.32. The van der Waals surface area contributed by atoms with E-state index in [2.05, 4.69) is 5.32 Å². The Hall–Kier alpha value is -1.95. The number of hydrogen-bond donors (Lipinski definition) is 1. The monoisotopic (exact) mass is 308 g/mol. The number of morpholine rings is 1. The molecule has 1 aromatic carbocycles. The number of nitrogens with one attached hydrogen (secondary N) is 1. The topological polar surface area (TPSA) is 58.6 Å². The van der Waals surface area contributed by atoms with Crippen LogP contribution in [0.15, 0.2) is 24.3 Å². The zero-order chi connectivity index (χ0) is 16.2. The van der Waals surface area contributed by atoms with E-state index >= 15 is 0 Å². The van der Waals surface area contributed by atoms with E-state index in [0.29, 0.717) is 31.9 Å². The van der Waals surface area contributed by atoms with Crippen LogP contribution >= 0.6 is 0 Å². The van der Waals surface area contributed by atoms with E-state index in [-0.39, 0.29) is 18.3 Å². The zero-order valence-corrected chi connectivity index (χ0v) is 12.9. The van der Waals surface area contributed by atoms with Gasteiger partial charge in [0, 0.05) is 25.2 Å². The maximum absolute atomic E-state index is 13.5. The number of hydrogen-bond acceptors (Lipinski definition) is 3. The molecule has 1 heterocycles. The van der Waals surface area contributed by atoms with Crippen LogP contribution in [0.2, 0.25) is 0 Å². The van der Waals surface area contributed by atoms with Gasteiger partial charge in [-0.3, -0.25) is 9.59 Å². The number of nitrogens with zero attached hydrogens (tertiary/aromatic N) is 1. The number of rotatable bonds is 4. The lowest BCUT2D eigenvalue weighted by atomic mass is 9.90. The molecule has 0 unspecified atom stereocenters. The van der Waals surface area contributed by atoms with Gasteiger partial charge in [-0.05, 0) is 19.9 Å². The third-order valence-corrected chi connectivity index (χ3v) is 3.80. The van der Waals surface area contributed by atoms with Gasteiger partial charge in [-0.1, -0.05) is 18.2 Å². The third-order valence-electron chi connectivity index (χ3n) is 3.80. The molecule has 0 aromatic heterocycles. The van der Waals surface area contributed by atoms with Gasteiger partial charge < -0.3 is 15.0 Å². The molecule has 1 N–H and O–H groups in total. The van der Waals surface area contributed by atoms with Crippen molar-refractivity contribution in [2.75, 3.05) is 26.3 Å². The average molecular weight is 308 g/mol. The fraction of sp³-hybridized carbons (Fsp3) is 0.500. The van der Waals surface area contributed by atoms with Gasteiger partial charge in [0.2, 0.25) is 11.8 Å². The maximum Gasteiger partial charge on any atom is 0.237 e. The Bertz CT molecular complexity index is 554. The molecule has 2 amide bonds. The van der Waals surface area contributed by atoms with Gasteiger partial charge in [0.05, 0.1) is 13.2 Å². The Kier molecular flexibility index (Phi) is 5.13. The first-order chi connectivity index (χ1) is 10.4. The summed E-state index contributed by atoms with van der Waals surface area (Å²) in [5.74, 6) is -1.02. The molecule has 22 heavy (non-hydrogen) atoms. The van der Waals surface area contributed by atoms with E-state index in [1.54, 1.807) is 36.9 Å². The van der Waals surface area contributed by atoms with E-state index < -0.39 is 11.3 Å². The van der Waals surface area contributed by atoms with Gasteiger partial charge in [0.1, 0.15) is 11.2 Å². The van der Waals surface area contributed by atoms with Gasteiger partial charge in [0.15, 0.2) is 0 Å². The predicted molar refractivity (Wildman–Crippen MR) is 79.4 cm³/mol. The van der Waals surface area contributed by atoms with Crippen molar-refractivity contribution in [3.63, 3.8) is 0 Å². The van der Waals surface area contributed by atoms with Crippen LogP contribution in [0.25, 0.3) is 0 Å². The predicted octanol–water partition coefficient (Wildman–Crippen LogP) is 1.33. The van der Waals surface area contributed by atoms with Crippen LogP contribution < -0.4 is 5.32 Å². The Labute approximate surface area is 129 Å². The van der Waals surface area contributed by atoms with Gasteiger partial charge in [-0.25, -0.2) is 4.39 Å². The van der Waals surface area contributed by atoms with Crippen molar-refractivity contribution < 1.29 is 18.7 Å². The standard InChI is InChI=1S/C16H21FN2O3/c1-16(2,15(21)19-7-9-22-10-8-19)14(20)18-11-12-5-3-4-6-13(12)17/h3-6H,7-11H2,1-2H3,(H,18,20). The fourth-order valence-electron chi connectivity index (χ4n) is 2.30. The number of carbonyl (C=O) groups is 2. The molecule has 0 bridgehead atoms. The van der Waals surface area contributed by atoms with Crippen LogP contribution in [-0.4, -0.2) is 43.0 Å². The van der Waals surface area contributed by atoms with Crippen LogP contribution in [-0.2, 0) is 20.9 Å². The Morgan fingerprint density at radius 1 is 1.27 bits per heavy atom. The second-order valence-electron chi connectivity index (χ2n) is 5.80. The fourth-order valence-corrected chi connectivity index (χ4v) is 2.30. The summed E-state index contributed by atoms with van der Waals surface area (Å²) in [5.41, 5.74) is -0.798. The summed E-state index contributed by atoms with van der Waals surface area (Å²) in [6, 6.07) is 6.24. The SMILES string of the molecule is CC(C)(C(=O)NCc1ccccc1F)C(=O)N1CCOCC1. The number of ether oxygens (including phenoxy) is 1. The van der Waals surface area contributed by atoms with Crippen LogP contribution in [0, 0.1) is 11.2 Å². The van der Waals surface area contributed by atoms with E-state index in [9.17, 15) is 14.0 Å². The van der Waals surface area contributed by atoms with Crippen molar-refractivity contribution in [2.45, 2.75) is 20.4 Å². The highest BCUT2D eigenvalue weighted by atomic mass is 19.1. The van der Waals surface area contributed by atoms with Gasteiger partial charge >= 0.3 is 0 Å². The second-order valence-corrected chi connectivity index (χ2v) is 5.80.